The number of carbonyl (C=O) groups excluding carboxylic acids is 2. The third-order valence-electron chi connectivity index (χ3n) is 5.24. The monoisotopic (exact) mass is 415 g/mol. The second-order valence-electron chi connectivity index (χ2n) is 7.13. The number of hydrogen-bond donors (Lipinski definition) is 2. The van der Waals surface area contributed by atoms with Crippen LogP contribution in [0.25, 0.3) is 0 Å². The summed E-state index contributed by atoms with van der Waals surface area (Å²) in [6.07, 6.45) is 4.57. The minimum absolute atomic E-state index is 0.0237. The van der Waals surface area contributed by atoms with Crippen LogP contribution >= 0.6 is 11.3 Å². The van der Waals surface area contributed by atoms with Gasteiger partial charge in [0.05, 0.1) is 16.6 Å². The molecule has 4 rings (SSSR count). The largest absolute Gasteiger partial charge is 0.376 e. The number of nitro groups is 1. The van der Waals surface area contributed by atoms with Gasteiger partial charge in [0, 0.05) is 24.1 Å². The van der Waals surface area contributed by atoms with Crippen LogP contribution in [-0.2, 0) is 17.6 Å². The normalized spacial score (nSPS) is 17.7. The maximum atomic E-state index is 12.9. The van der Waals surface area contributed by atoms with Gasteiger partial charge in [0.15, 0.2) is 0 Å². The fraction of sp³-hybridized carbons (Fsp3) is 0.400. The number of nitrogens with one attached hydrogen (secondary N) is 2. The SMILES string of the molecule is O=C(Nc1sc2c(c1C(=O)NC[C@@H]1CCCO1)CCC2)c1ccccc1[N+](=O)[O-]. The standard InChI is InChI=1S/C20H21N3O5S/c24-18(13-6-1-2-8-15(13)23(26)27)22-20-17(14-7-3-9-16(14)29-20)19(25)21-11-12-5-4-10-28-12/h1-2,6,8,12H,3-5,7,9-11H2,(H,21,25)(H,22,24)/t12-/m0/s1. The zero-order valence-electron chi connectivity index (χ0n) is 15.7. The van der Waals surface area contributed by atoms with E-state index in [0.717, 1.165) is 42.5 Å². The Morgan fingerprint density at radius 2 is 2.03 bits per heavy atom. The molecular weight excluding hydrogens is 394 g/mol. The minimum atomic E-state index is -0.592. The van der Waals surface area contributed by atoms with E-state index < -0.39 is 10.8 Å². The molecular formula is C20H21N3O5S. The van der Waals surface area contributed by atoms with Crippen LogP contribution in [0.2, 0.25) is 0 Å². The summed E-state index contributed by atoms with van der Waals surface area (Å²) in [4.78, 5) is 37.4. The molecule has 2 amide bonds. The minimum Gasteiger partial charge on any atom is -0.376 e. The zero-order valence-corrected chi connectivity index (χ0v) is 16.5. The van der Waals surface area contributed by atoms with Gasteiger partial charge >= 0.3 is 0 Å². The average Bonchev–Trinajstić information content (AvgIpc) is 3.43. The van der Waals surface area contributed by atoms with Crippen LogP contribution in [0.15, 0.2) is 24.3 Å². The molecule has 0 spiro atoms. The Balaban J connectivity index is 1.57. The van der Waals surface area contributed by atoms with Gasteiger partial charge < -0.3 is 15.4 Å². The van der Waals surface area contributed by atoms with Crippen molar-refractivity contribution in [3.63, 3.8) is 0 Å². The summed E-state index contributed by atoms with van der Waals surface area (Å²) in [5.74, 6) is -0.830. The molecule has 2 heterocycles. The van der Waals surface area contributed by atoms with Gasteiger partial charge in [-0.1, -0.05) is 12.1 Å². The Labute approximate surface area is 171 Å². The number of ether oxygens (including phenoxy) is 1. The first kappa shape index (κ1) is 19.5. The van der Waals surface area contributed by atoms with Crippen LogP contribution in [0.1, 0.15) is 50.4 Å². The number of anilines is 1. The smallest absolute Gasteiger partial charge is 0.282 e. The van der Waals surface area contributed by atoms with Crippen molar-refractivity contribution in [3.8, 4) is 0 Å². The fourth-order valence-corrected chi connectivity index (χ4v) is 5.11. The molecule has 2 N–H and O–H groups in total. The van der Waals surface area contributed by atoms with Gasteiger partial charge in [0.1, 0.15) is 10.6 Å². The lowest BCUT2D eigenvalue weighted by atomic mass is 10.1. The molecule has 0 bridgehead atoms. The number of carbonyl (C=O) groups is 2. The highest BCUT2D eigenvalue weighted by atomic mass is 32.1. The third kappa shape index (κ3) is 4.01. The average molecular weight is 415 g/mol. The van der Waals surface area contributed by atoms with E-state index in [4.69, 9.17) is 4.74 Å². The van der Waals surface area contributed by atoms with Crippen LogP contribution in [0, 0.1) is 10.1 Å². The predicted molar refractivity (Wildman–Crippen MR) is 109 cm³/mol. The summed E-state index contributed by atoms with van der Waals surface area (Å²) >= 11 is 1.38. The maximum absolute atomic E-state index is 12.9. The molecule has 152 valence electrons. The lowest BCUT2D eigenvalue weighted by molar-refractivity contribution is -0.385. The first-order chi connectivity index (χ1) is 14.0. The predicted octanol–water partition coefficient (Wildman–Crippen LogP) is 3.31. The highest BCUT2D eigenvalue weighted by molar-refractivity contribution is 7.17. The van der Waals surface area contributed by atoms with Crippen molar-refractivity contribution in [3.05, 3.63) is 55.9 Å². The summed E-state index contributed by atoms with van der Waals surface area (Å²) in [6.45, 7) is 1.15. The van der Waals surface area contributed by atoms with Crippen LogP contribution in [0.3, 0.4) is 0 Å². The van der Waals surface area contributed by atoms with Gasteiger partial charge in [-0.3, -0.25) is 19.7 Å². The quantitative estimate of drug-likeness (QED) is 0.555. The molecule has 0 unspecified atom stereocenters. The molecule has 1 aliphatic carbocycles. The Morgan fingerprint density at radius 3 is 2.79 bits per heavy atom. The summed E-state index contributed by atoms with van der Waals surface area (Å²) < 4.78 is 5.56. The third-order valence-corrected chi connectivity index (χ3v) is 6.44. The van der Waals surface area contributed by atoms with E-state index in [-0.39, 0.29) is 23.3 Å². The van der Waals surface area contributed by atoms with Gasteiger partial charge in [-0.2, -0.15) is 0 Å². The van der Waals surface area contributed by atoms with Crippen molar-refractivity contribution < 1.29 is 19.2 Å². The summed E-state index contributed by atoms with van der Waals surface area (Å²) in [5.41, 5.74) is 1.15. The number of benzene rings is 1. The molecule has 1 aromatic carbocycles. The molecule has 1 fully saturated rings. The van der Waals surface area contributed by atoms with Gasteiger partial charge in [0.25, 0.3) is 17.5 Å². The van der Waals surface area contributed by atoms with E-state index in [0.29, 0.717) is 23.7 Å². The van der Waals surface area contributed by atoms with Crippen molar-refractivity contribution in [2.75, 3.05) is 18.5 Å². The highest BCUT2D eigenvalue weighted by Gasteiger charge is 2.29. The maximum Gasteiger partial charge on any atom is 0.282 e. The van der Waals surface area contributed by atoms with Gasteiger partial charge in [-0.25, -0.2) is 0 Å². The first-order valence-electron chi connectivity index (χ1n) is 9.63. The van der Waals surface area contributed by atoms with Crippen molar-refractivity contribution in [1.29, 1.82) is 0 Å². The topological polar surface area (TPSA) is 111 Å². The van der Waals surface area contributed by atoms with Gasteiger partial charge in [0.2, 0.25) is 0 Å². The molecule has 1 aliphatic heterocycles. The first-order valence-corrected chi connectivity index (χ1v) is 10.5. The summed E-state index contributed by atoms with van der Waals surface area (Å²) in [5, 5.41) is 17.3. The number of nitro benzene ring substituents is 1. The van der Waals surface area contributed by atoms with E-state index >= 15 is 0 Å². The Kier molecular flexibility index (Phi) is 5.59. The molecule has 1 saturated heterocycles. The van der Waals surface area contributed by atoms with E-state index in [1.165, 1.54) is 29.5 Å². The van der Waals surface area contributed by atoms with Gasteiger partial charge in [-0.05, 0) is 43.7 Å². The van der Waals surface area contributed by atoms with Crippen molar-refractivity contribution >= 4 is 33.8 Å². The summed E-state index contributed by atoms with van der Waals surface area (Å²) in [6, 6.07) is 5.79. The molecule has 0 radical (unpaired) electrons. The van der Waals surface area contributed by atoms with Crippen molar-refractivity contribution in [1.82, 2.24) is 5.32 Å². The number of thiophene rings is 1. The number of rotatable bonds is 6. The number of fused-ring (bicyclic) bond motifs is 1. The lowest BCUT2D eigenvalue weighted by Gasteiger charge is -2.12. The van der Waals surface area contributed by atoms with E-state index in [9.17, 15) is 19.7 Å². The second kappa shape index (κ2) is 8.30. The molecule has 1 atom stereocenters. The van der Waals surface area contributed by atoms with Crippen LogP contribution in [0.5, 0.6) is 0 Å². The van der Waals surface area contributed by atoms with Crippen molar-refractivity contribution in [2.45, 2.75) is 38.2 Å². The van der Waals surface area contributed by atoms with E-state index in [1.807, 2.05) is 0 Å². The highest BCUT2D eigenvalue weighted by Crippen LogP contribution is 2.39. The number of nitrogens with zero attached hydrogens (tertiary/aromatic N) is 1. The fourth-order valence-electron chi connectivity index (χ4n) is 3.83. The second-order valence-corrected chi connectivity index (χ2v) is 8.24. The Bertz CT molecular complexity index is 965. The molecule has 0 saturated carbocycles. The molecule has 8 nitrogen and oxygen atoms in total. The van der Waals surface area contributed by atoms with Crippen LogP contribution in [-0.4, -0.2) is 36.0 Å². The van der Waals surface area contributed by atoms with Crippen LogP contribution < -0.4 is 10.6 Å². The molecule has 9 heteroatoms. The van der Waals surface area contributed by atoms with Crippen molar-refractivity contribution in [2.24, 2.45) is 0 Å². The number of amides is 2. The number of hydrogen-bond acceptors (Lipinski definition) is 6. The van der Waals surface area contributed by atoms with Crippen LogP contribution in [0.4, 0.5) is 10.7 Å². The number of para-hydroxylation sites is 1. The van der Waals surface area contributed by atoms with Gasteiger partial charge in [-0.15, -0.1) is 11.3 Å². The molecule has 29 heavy (non-hydrogen) atoms. The molecule has 2 aromatic rings. The zero-order chi connectivity index (χ0) is 20.4. The molecule has 2 aliphatic rings. The Hall–Kier alpha value is -2.78. The molecule has 1 aromatic heterocycles. The number of aryl methyl sites for hydroxylation is 1. The van der Waals surface area contributed by atoms with E-state index in [1.54, 1.807) is 6.07 Å². The lowest BCUT2D eigenvalue weighted by Crippen LogP contribution is -2.32. The Morgan fingerprint density at radius 1 is 1.21 bits per heavy atom. The summed E-state index contributed by atoms with van der Waals surface area (Å²) in [7, 11) is 0. The van der Waals surface area contributed by atoms with E-state index in [2.05, 4.69) is 10.6 Å².